The molecule has 0 fully saturated rings. The summed E-state index contributed by atoms with van der Waals surface area (Å²) in [5, 5.41) is 4.65. The number of primary amides is 1. The Bertz CT molecular complexity index is 766. The molecule has 2 aromatic rings. The van der Waals surface area contributed by atoms with E-state index in [9.17, 15) is 4.79 Å². The molecule has 8 heteroatoms. The van der Waals surface area contributed by atoms with Crippen LogP contribution in [0.3, 0.4) is 0 Å². The van der Waals surface area contributed by atoms with E-state index in [2.05, 4.69) is 10.5 Å². The van der Waals surface area contributed by atoms with Crippen molar-refractivity contribution in [2.45, 2.75) is 6.61 Å². The first-order valence-electron chi connectivity index (χ1n) is 6.83. The van der Waals surface area contributed by atoms with Crippen LogP contribution < -0.4 is 20.6 Å². The summed E-state index contributed by atoms with van der Waals surface area (Å²) in [7, 11) is 1.53. The van der Waals surface area contributed by atoms with Crippen molar-refractivity contribution in [2.75, 3.05) is 7.11 Å². The van der Waals surface area contributed by atoms with Gasteiger partial charge in [-0.3, -0.25) is 0 Å². The molecule has 2 amide bonds. The van der Waals surface area contributed by atoms with Crippen LogP contribution >= 0.6 is 23.2 Å². The van der Waals surface area contributed by atoms with Gasteiger partial charge in [0.05, 0.1) is 23.4 Å². The van der Waals surface area contributed by atoms with Crippen molar-refractivity contribution >= 4 is 35.4 Å². The van der Waals surface area contributed by atoms with Gasteiger partial charge in [-0.1, -0.05) is 29.3 Å². The monoisotopic (exact) mass is 367 g/mol. The Morgan fingerprint density at radius 2 is 2.00 bits per heavy atom. The molecule has 0 radical (unpaired) electrons. The van der Waals surface area contributed by atoms with Gasteiger partial charge in [0.2, 0.25) is 0 Å². The molecule has 0 bridgehead atoms. The maximum atomic E-state index is 10.6. The number of methoxy groups -OCH3 is 1. The number of ether oxygens (including phenoxy) is 2. The average molecular weight is 368 g/mol. The zero-order valence-electron chi connectivity index (χ0n) is 12.8. The van der Waals surface area contributed by atoms with Gasteiger partial charge in [-0.05, 0) is 41.5 Å². The fourth-order valence-electron chi connectivity index (χ4n) is 1.84. The van der Waals surface area contributed by atoms with E-state index in [4.69, 9.17) is 38.4 Å². The number of halogens is 2. The van der Waals surface area contributed by atoms with E-state index >= 15 is 0 Å². The minimum atomic E-state index is -0.736. The highest BCUT2D eigenvalue weighted by molar-refractivity contribution is 6.42. The average Bonchev–Trinajstić information content (AvgIpc) is 2.56. The molecule has 0 aliphatic carbocycles. The van der Waals surface area contributed by atoms with Crippen molar-refractivity contribution in [2.24, 2.45) is 10.8 Å². The van der Waals surface area contributed by atoms with E-state index in [1.165, 1.54) is 13.3 Å². The molecule has 126 valence electrons. The highest BCUT2D eigenvalue weighted by atomic mass is 35.5. The van der Waals surface area contributed by atoms with Crippen molar-refractivity contribution in [3.05, 3.63) is 57.6 Å². The summed E-state index contributed by atoms with van der Waals surface area (Å²) in [6, 6.07) is 9.77. The van der Waals surface area contributed by atoms with Gasteiger partial charge in [-0.2, -0.15) is 5.10 Å². The van der Waals surface area contributed by atoms with Crippen molar-refractivity contribution in [1.82, 2.24) is 5.43 Å². The molecular formula is C16H15Cl2N3O3. The Balaban J connectivity index is 2.08. The van der Waals surface area contributed by atoms with Crippen LogP contribution in [0.25, 0.3) is 0 Å². The molecule has 2 rings (SSSR count). The number of hydrogen-bond donors (Lipinski definition) is 2. The van der Waals surface area contributed by atoms with Crippen LogP contribution in [0.15, 0.2) is 41.5 Å². The van der Waals surface area contributed by atoms with Crippen molar-refractivity contribution < 1.29 is 14.3 Å². The molecule has 0 saturated carbocycles. The van der Waals surface area contributed by atoms with E-state index in [1.54, 1.807) is 30.3 Å². The number of urea groups is 1. The minimum Gasteiger partial charge on any atom is -0.493 e. The van der Waals surface area contributed by atoms with E-state index < -0.39 is 6.03 Å². The van der Waals surface area contributed by atoms with Gasteiger partial charge in [0.1, 0.15) is 6.61 Å². The molecule has 24 heavy (non-hydrogen) atoms. The molecule has 0 atom stereocenters. The summed E-state index contributed by atoms with van der Waals surface area (Å²) in [6.07, 6.45) is 1.44. The molecule has 0 aliphatic heterocycles. The van der Waals surface area contributed by atoms with Gasteiger partial charge in [-0.15, -0.1) is 0 Å². The molecule has 0 unspecified atom stereocenters. The van der Waals surface area contributed by atoms with Gasteiger partial charge in [0.15, 0.2) is 11.5 Å². The quantitative estimate of drug-likeness (QED) is 0.604. The first-order valence-corrected chi connectivity index (χ1v) is 7.58. The summed E-state index contributed by atoms with van der Waals surface area (Å²) in [6.45, 7) is 0.309. The third kappa shape index (κ3) is 5.04. The zero-order valence-corrected chi connectivity index (χ0v) is 14.3. The lowest BCUT2D eigenvalue weighted by molar-refractivity contribution is 0.249. The van der Waals surface area contributed by atoms with Crippen molar-refractivity contribution in [3.8, 4) is 11.5 Å². The van der Waals surface area contributed by atoms with E-state index in [0.717, 1.165) is 5.56 Å². The Morgan fingerprint density at radius 3 is 2.67 bits per heavy atom. The van der Waals surface area contributed by atoms with Crippen LogP contribution in [0.1, 0.15) is 11.1 Å². The van der Waals surface area contributed by atoms with Crippen molar-refractivity contribution in [1.29, 1.82) is 0 Å². The lowest BCUT2D eigenvalue weighted by Crippen LogP contribution is -2.24. The number of nitrogens with two attached hydrogens (primary N) is 1. The maximum Gasteiger partial charge on any atom is 0.332 e. The lowest BCUT2D eigenvalue weighted by Gasteiger charge is -2.11. The van der Waals surface area contributed by atoms with Crippen LogP contribution in [0.2, 0.25) is 10.0 Å². The Morgan fingerprint density at radius 1 is 1.21 bits per heavy atom. The van der Waals surface area contributed by atoms with Crippen LogP contribution in [-0.2, 0) is 6.61 Å². The largest absolute Gasteiger partial charge is 0.493 e. The lowest BCUT2D eigenvalue weighted by atomic mass is 10.2. The number of rotatable bonds is 6. The number of nitrogens with zero attached hydrogens (tertiary/aromatic N) is 1. The van der Waals surface area contributed by atoms with Crippen molar-refractivity contribution in [3.63, 3.8) is 0 Å². The van der Waals surface area contributed by atoms with Gasteiger partial charge in [0, 0.05) is 0 Å². The Hall–Kier alpha value is -2.44. The fraction of sp³-hybridized carbons (Fsp3) is 0.125. The predicted octanol–water partition coefficient (Wildman–Crippen LogP) is 3.58. The summed E-state index contributed by atoms with van der Waals surface area (Å²) in [5.41, 5.74) is 8.63. The highest BCUT2D eigenvalue weighted by Crippen LogP contribution is 2.29. The maximum absolute atomic E-state index is 10.6. The molecular weight excluding hydrogens is 353 g/mol. The Kier molecular flexibility index (Phi) is 6.28. The van der Waals surface area contributed by atoms with Gasteiger partial charge < -0.3 is 15.2 Å². The minimum absolute atomic E-state index is 0.309. The first-order chi connectivity index (χ1) is 11.5. The summed E-state index contributed by atoms with van der Waals surface area (Å²) in [5.74, 6) is 1.08. The third-order valence-corrected chi connectivity index (χ3v) is 3.69. The standard InChI is InChI=1S/C16H15Cl2N3O3/c1-23-15-7-10(8-20-21-16(19)22)3-5-14(15)24-9-11-2-4-12(17)13(18)6-11/h2-8H,9H2,1H3,(H3,19,21,22). The fourth-order valence-corrected chi connectivity index (χ4v) is 2.17. The second-order valence-corrected chi connectivity index (χ2v) is 5.50. The number of hydrazone groups is 1. The SMILES string of the molecule is COc1cc(C=NNC(N)=O)ccc1OCc1ccc(Cl)c(Cl)c1. The molecule has 2 aromatic carbocycles. The molecule has 0 saturated heterocycles. The second kappa shape index (κ2) is 8.42. The van der Waals surface area contributed by atoms with Crippen LogP contribution in [0.5, 0.6) is 11.5 Å². The molecule has 6 nitrogen and oxygen atoms in total. The van der Waals surface area contributed by atoms with Gasteiger partial charge in [-0.25, -0.2) is 10.2 Å². The number of benzene rings is 2. The Labute approximate surface area is 149 Å². The van der Waals surface area contributed by atoms with Gasteiger partial charge >= 0.3 is 6.03 Å². The van der Waals surface area contributed by atoms with E-state index in [-0.39, 0.29) is 0 Å². The number of hydrogen-bond acceptors (Lipinski definition) is 4. The summed E-state index contributed by atoms with van der Waals surface area (Å²) in [4.78, 5) is 10.6. The number of nitrogens with one attached hydrogen (secondary N) is 1. The van der Waals surface area contributed by atoms with E-state index in [0.29, 0.717) is 33.7 Å². The molecule has 0 heterocycles. The first kappa shape index (κ1) is 17.9. The second-order valence-electron chi connectivity index (χ2n) is 4.68. The van der Waals surface area contributed by atoms with Crippen LogP contribution in [-0.4, -0.2) is 19.4 Å². The summed E-state index contributed by atoms with van der Waals surface area (Å²) < 4.78 is 11.0. The molecule has 0 aromatic heterocycles. The molecule has 0 spiro atoms. The number of amides is 2. The van der Waals surface area contributed by atoms with Crippen LogP contribution in [0.4, 0.5) is 4.79 Å². The smallest absolute Gasteiger partial charge is 0.332 e. The topological polar surface area (TPSA) is 85.9 Å². The number of carbonyl (C=O) groups is 1. The third-order valence-electron chi connectivity index (χ3n) is 2.95. The summed E-state index contributed by atoms with van der Waals surface area (Å²) >= 11 is 11.9. The highest BCUT2D eigenvalue weighted by Gasteiger charge is 2.07. The van der Waals surface area contributed by atoms with Crippen LogP contribution in [0, 0.1) is 0 Å². The molecule has 3 N–H and O–H groups in total. The van der Waals surface area contributed by atoms with E-state index in [1.807, 2.05) is 6.07 Å². The normalized spacial score (nSPS) is 10.6. The molecule has 0 aliphatic rings. The number of carbonyl (C=O) groups excluding carboxylic acids is 1. The predicted molar refractivity (Wildman–Crippen MR) is 94.1 cm³/mol. The van der Waals surface area contributed by atoms with Gasteiger partial charge in [0.25, 0.3) is 0 Å². The zero-order chi connectivity index (χ0) is 17.5.